The van der Waals surface area contributed by atoms with Crippen molar-refractivity contribution in [2.45, 2.75) is 11.7 Å². The van der Waals surface area contributed by atoms with Crippen LogP contribution in [0.1, 0.15) is 17.5 Å². The van der Waals surface area contributed by atoms with Gasteiger partial charge in [0.05, 0.1) is 34.3 Å². The zero-order valence-corrected chi connectivity index (χ0v) is 13.6. The van der Waals surface area contributed by atoms with E-state index in [2.05, 4.69) is 15.5 Å². The number of halogens is 2. The summed E-state index contributed by atoms with van der Waals surface area (Å²) in [4.78, 5) is 22.2. The van der Waals surface area contributed by atoms with Crippen molar-refractivity contribution < 1.29 is 14.7 Å². The second kappa shape index (κ2) is 7.46. The minimum absolute atomic E-state index is 0.193. The molecule has 0 aliphatic carbocycles. The number of amides is 1. The summed E-state index contributed by atoms with van der Waals surface area (Å²) < 4.78 is 0. The van der Waals surface area contributed by atoms with Crippen LogP contribution in [0.3, 0.4) is 0 Å². The number of carbonyl (C=O) groups is 2. The van der Waals surface area contributed by atoms with Crippen molar-refractivity contribution >= 4 is 58.2 Å². The highest BCUT2D eigenvalue weighted by Crippen LogP contribution is 2.25. The van der Waals surface area contributed by atoms with Crippen molar-refractivity contribution in [2.75, 3.05) is 0 Å². The third-order valence-electron chi connectivity index (χ3n) is 2.68. The fourth-order valence-electron chi connectivity index (χ4n) is 1.66. The predicted octanol–water partition coefficient (Wildman–Crippen LogP) is 2.26. The van der Waals surface area contributed by atoms with Gasteiger partial charge < -0.3 is 10.4 Å². The SMILES string of the molecule is N#Cc1cc(Cl)c(C=NN=C2NC(=O)C(CC(=O)O)S2)c(Cl)c1. The van der Waals surface area contributed by atoms with Crippen LogP contribution in [-0.4, -0.2) is 33.6 Å². The Morgan fingerprint density at radius 3 is 2.70 bits per heavy atom. The summed E-state index contributed by atoms with van der Waals surface area (Å²) in [6.07, 6.45) is 0.989. The number of rotatable bonds is 4. The highest BCUT2D eigenvalue weighted by Gasteiger charge is 2.32. The molecule has 0 bridgehead atoms. The van der Waals surface area contributed by atoms with Gasteiger partial charge in [-0.15, -0.1) is 5.10 Å². The van der Waals surface area contributed by atoms with Gasteiger partial charge in [0.25, 0.3) is 0 Å². The van der Waals surface area contributed by atoms with Gasteiger partial charge >= 0.3 is 5.97 Å². The average molecular weight is 371 g/mol. The zero-order chi connectivity index (χ0) is 17.0. The first-order valence-electron chi connectivity index (χ1n) is 6.10. The second-order valence-corrected chi connectivity index (χ2v) is 6.31. The van der Waals surface area contributed by atoms with E-state index in [1.807, 2.05) is 6.07 Å². The third-order valence-corrected chi connectivity index (χ3v) is 4.38. The summed E-state index contributed by atoms with van der Waals surface area (Å²) >= 11 is 13.0. The molecule has 1 heterocycles. The van der Waals surface area contributed by atoms with E-state index in [9.17, 15) is 9.59 Å². The lowest BCUT2D eigenvalue weighted by Gasteiger charge is -2.01. The van der Waals surface area contributed by atoms with Crippen molar-refractivity contribution in [1.82, 2.24) is 5.32 Å². The Bertz CT molecular complexity index is 750. The maximum absolute atomic E-state index is 11.5. The fourth-order valence-corrected chi connectivity index (χ4v) is 3.16. The molecular weight excluding hydrogens is 363 g/mol. The van der Waals surface area contributed by atoms with Crippen LogP contribution in [0.25, 0.3) is 0 Å². The maximum atomic E-state index is 11.5. The standard InChI is InChI=1S/C13H8Cl2N4O3S/c14-8-1-6(4-16)2-9(15)7(8)5-17-19-13-18-12(22)10(23-13)3-11(20)21/h1-2,5,10H,3H2,(H,20,21)(H,18,19,22). The van der Waals surface area contributed by atoms with Crippen LogP contribution in [0, 0.1) is 11.3 Å². The molecule has 0 aromatic heterocycles. The first-order valence-corrected chi connectivity index (χ1v) is 7.73. The van der Waals surface area contributed by atoms with Crippen molar-refractivity contribution in [1.29, 1.82) is 5.26 Å². The molecule has 1 amide bonds. The number of hydrogen-bond acceptors (Lipinski definition) is 6. The van der Waals surface area contributed by atoms with Crippen LogP contribution in [-0.2, 0) is 9.59 Å². The van der Waals surface area contributed by atoms with Gasteiger partial charge in [0.1, 0.15) is 5.25 Å². The number of carboxylic acids is 1. The number of nitriles is 1. The number of aliphatic carboxylic acids is 1. The van der Waals surface area contributed by atoms with Gasteiger partial charge in [-0.25, -0.2) is 0 Å². The third kappa shape index (κ3) is 4.45. The normalized spacial score (nSPS) is 19.1. The summed E-state index contributed by atoms with van der Waals surface area (Å²) in [7, 11) is 0. The van der Waals surface area contributed by atoms with Crippen molar-refractivity contribution in [3.05, 3.63) is 33.3 Å². The van der Waals surface area contributed by atoms with Gasteiger partial charge in [-0.3, -0.25) is 9.59 Å². The Labute approximate surface area is 145 Å². The lowest BCUT2D eigenvalue weighted by atomic mass is 10.1. The highest BCUT2D eigenvalue weighted by molar-refractivity contribution is 8.15. The summed E-state index contributed by atoms with van der Waals surface area (Å²) in [6, 6.07) is 4.80. The van der Waals surface area contributed by atoms with Crippen molar-refractivity contribution in [3.8, 4) is 6.07 Å². The summed E-state index contributed by atoms with van der Waals surface area (Å²) in [5, 5.41) is 27.4. The van der Waals surface area contributed by atoms with Gasteiger partial charge in [0.2, 0.25) is 5.91 Å². The molecule has 1 aliphatic heterocycles. The summed E-state index contributed by atoms with van der Waals surface area (Å²) in [6.45, 7) is 0. The molecule has 0 spiro atoms. The zero-order valence-electron chi connectivity index (χ0n) is 11.3. The molecule has 0 saturated carbocycles. The molecule has 2 N–H and O–H groups in total. The molecule has 118 valence electrons. The van der Waals surface area contributed by atoms with Crippen molar-refractivity contribution in [2.24, 2.45) is 10.2 Å². The molecule has 0 radical (unpaired) electrons. The van der Waals surface area contributed by atoms with E-state index >= 15 is 0 Å². The number of hydrogen-bond donors (Lipinski definition) is 2. The Morgan fingerprint density at radius 2 is 2.13 bits per heavy atom. The molecule has 1 aromatic carbocycles. The van der Waals surface area contributed by atoms with Crippen LogP contribution < -0.4 is 5.32 Å². The van der Waals surface area contributed by atoms with Crippen LogP contribution in [0.4, 0.5) is 0 Å². The van der Waals surface area contributed by atoms with E-state index in [-0.39, 0.29) is 21.6 Å². The Hall–Kier alpha value is -2.08. The molecule has 1 unspecified atom stereocenters. The van der Waals surface area contributed by atoms with Crippen LogP contribution in [0.5, 0.6) is 0 Å². The molecule has 2 rings (SSSR count). The predicted molar refractivity (Wildman–Crippen MR) is 88.0 cm³/mol. The molecule has 23 heavy (non-hydrogen) atoms. The van der Waals surface area contributed by atoms with Crippen LogP contribution in [0.2, 0.25) is 10.0 Å². The van der Waals surface area contributed by atoms with Gasteiger partial charge in [0, 0.05) is 5.56 Å². The number of thioether (sulfide) groups is 1. The summed E-state index contributed by atoms with van der Waals surface area (Å²) in [5.41, 5.74) is 0.701. The number of nitrogens with zero attached hydrogens (tertiary/aromatic N) is 3. The topological polar surface area (TPSA) is 115 Å². The molecule has 1 aliphatic rings. The molecule has 1 saturated heterocycles. The lowest BCUT2D eigenvalue weighted by molar-refractivity contribution is -0.138. The Balaban J connectivity index is 2.12. The largest absolute Gasteiger partial charge is 0.481 e. The first kappa shape index (κ1) is 17.3. The minimum Gasteiger partial charge on any atom is -0.481 e. The molecule has 10 heteroatoms. The molecule has 1 aromatic rings. The number of amidine groups is 1. The van der Waals surface area contributed by atoms with Gasteiger partial charge in [0.15, 0.2) is 5.17 Å². The van der Waals surface area contributed by atoms with E-state index in [0.29, 0.717) is 11.1 Å². The smallest absolute Gasteiger partial charge is 0.305 e. The van der Waals surface area contributed by atoms with Crippen LogP contribution >= 0.6 is 35.0 Å². The van der Waals surface area contributed by atoms with E-state index in [1.54, 1.807) is 0 Å². The fraction of sp³-hybridized carbons (Fsp3) is 0.154. The first-order chi connectivity index (χ1) is 10.9. The van der Waals surface area contributed by atoms with Crippen molar-refractivity contribution in [3.63, 3.8) is 0 Å². The molecule has 1 fully saturated rings. The van der Waals surface area contributed by atoms with E-state index < -0.39 is 17.1 Å². The number of carbonyl (C=O) groups excluding carboxylic acids is 1. The van der Waals surface area contributed by atoms with Gasteiger partial charge in [-0.1, -0.05) is 35.0 Å². The molecule has 7 nitrogen and oxygen atoms in total. The minimum atomic E-state index is -1.07. The van der Waals surface area contributed by atoms with E-state index in [0.717, 1.165) is 11.8 Å². The Kier molecular flexibility index (Phi) is 5.60. The monoisotopic (exact) mass is 370 g/mol. The summed E-state index contributed by atoms with van der Waals surface area (Å²) in [5.74, 6) is -1.50. The lowest BCUT2D eigenvalue weighted by Crippen LogP contribution is -2.26. The number of benzene rings is 1. The Morgan fingerprint density at radius 1 is 1.48 bits per heavy atom. The number of carboxylic acid groups (broad SMARTS) is 1. The van der Waals surface area contributed by atoms with Gasteiger partial charge in [-0.05, 0) is 12.1 Å². The van der Waals surface area contributed by atoms with E-state index in [1.165, 1.54) is 18.3 Å². The molecule has 1 atom stereocenters. The second-order valence-electron chi connectivity index (χ2n) is 4.31. The highest BCUT2D eigenvalue weighted by atomic mass is 35.5. The average Bonchev–Trinajstić information content (AvgIpc) is 2.81. The van der Waals surface area contributed by atoms with Gasteiger partial charge in [-0.2, -0.15) is 10.4 Å². The quantitative estimate of drug-likeness (QED) is 0.622. The van der Waals surface area contributed by atoms with Crippen LogP contribution in [0.15, 0.2) is 22.3 Å². The van der Waals surface area contributed by atoms with E-state index in [4.69, 9.17) is 33.6 Å². The maximum Gasteiger partial charge on any atom is 0.305 e. The molecular formula is C13H8Cl2N4O3S. The number of nitrogens with one attached hydrogen (secondary N) is 1.